The van der Waals surface area contributed by atoms with E-state index in [-0.39, 0.29) is 5.91 Å². The highest BCUT2D eigenvalue weighted by molar-refractivity contribution is 5.95. The highest BCUT2D eigenvalue weighted by Crippen LogP contribution is 2.28. The molecule has 1 fully saturated rings. The van der Waals surface area contributed by atoms with Gasteiger partial charge in [0.05, 0.1) is 19.2 Å². The molecule has 0 radical (unpaired) electrons. The van der Waals surface area contributed by atoms with Crippen LogP contribution >= 0.6 is 0 Å². The molecule has 0 aliphatic carbocycles. The third kappa shape index (κ3) is 3.33. The molecule has 1 aromatic carbocycles. The molecule has 1 amide bonds. The van der Waals surface area contributed by atoms with E-state index < -0.39 is 0 Å². The fourth-order valence-corrected chi connectivity index (χ4v) is 4.27. The van der Waals surface area contributed by atoms with Gasteiger partial charge in [0, 0.05) is 37.5 Å². The molecule has 2 aliphatic heterocycles. The van der Waals surface area contributed by atoms with Crippen LogP contribution in [0.25, 0.3) is 10.9 Å². The summed E-state index contributed by atoms with van der Waals surface area (Å²) >= 11 is 0. The first-order valence-corrected chi connectivity index (χ1v) is 10.1. The van der Waals surface area contributed by atoms with Gasteiger partial charge in [-0.2, -0.15) is 0 Å². The number of amides is 1. The molecule has 0 atom stereocenters. The molecule has 0 spiro atoms. The Balaban J connectivity index is 1.29. The first kappa shape index (κ1) is 18.1. The number of likely N-dealkylation sites (tertiary alicyclic amines) is 1. The van der Waals surface area contributed by atoms with Crippen LogP contribution in [0.15, 0.2) is 30.3 Å². The Bertz CT molecular complexity index is 1050. The number of methoxy groups -OCH3 is 1. The number of hydrogen-bond acceptors (Lipinski definition) is 6. The smallest absolute Gasteiger partial charge is 0.272 e. The SMILES string of the molecule is COc1ccc2nc(C(=O)N3CCC(c4nnc5n4CCNC5)CC3)ccc2c1. The summed E-state index contributed by atoms with van der Waals surface area (Å²) in [6.45, 7) is 4.08. The largest absolute Gasteiger partial charge is 0.497 e. The van der Waals surface area contributed by atoms with Crippen molar-refractivity contribution in [1.29, 1.82) is 0 Å². The van der Waals surface area contributed by atoms with Crippen molar-refractivity contribution in [3.63, 3.8) is 0 Å². The number of carbonyl (C=O) groups is 1. The summed E-state index contributed by atoms with van der Waals surface area (Å²) in [6, 6.07) is 9.42. The van der Waals surface area contributed by atoms with Gasteiger partial charge >= 0.3 is 0 Å². The Kier molecular flexibility index (Phi) is 4.63. The molecule has 0 unspecified atom stereocenters. The quantitative estimate of drug-likeness (QED) is 0.733. The molecule has 1 saturated heterocycles. The molecule has 2 aromatic heterocycles. The molecule has 8 heteroatoms. The van der Waals surface area contributed by atoms with E-state index in [9.17, 15) is 4.79 Å². The van der Waals surface area contributed by atoms with Crippen molar-refractivity contribution in [3.8, 4) is 5.75 Å². The number of nitrogens with one attached hydrogen (secondary N) is 1. The van der Waals surface area contributed by atoms with Gasteiger partial charge in [0.1, 0.15) is 23.1 Å². The maximum atomic E-state index is 13.0. The van der Waals surface area contributed by atoms with Gasteiger partial charge in [0.15, 0.2) is 0 Å². The summed E-state index contributed by atoms with van der Waals surface area (Å²) in [6.07, 6.45) is 1.81. The summed E-state index contributed by atoms with van der Waals surface area (Å²) in [7, 11) is 1.64. The molecule has 29 heavy (non-hydrogen) atoms. The van der Waals surface area contributed by atoms with Gasteiger partial charge in [-0.05, 0) is 37.1 Å². The molecule has 5 rings (SSSR count). The molecule has 150 valence electrons. The summed E-state index contributed by atoms with van der Waals surface area (Å²) in [4.78, 5) is 19.5. The zero-order chi connectivity index (χ0) is 19.8. The number of carbonyl (C=O) groups excluding carboxylic acids is 1. The van der Waals surface area contributed by atoms with Gasteiger partial charge in [-0.3, -0.25) is 4.79 Å². The second kappa shape index (κ2) is 7.44. The molecule has 0 saturated carbocycles. The Labute approximate surface area is 168 Å². The minimum atomic E-state index is -0.00589. The van der Waals surface area contributed by atoms with Gasteiger partial charge in [-0.1, -0.05) is 6.07 Å². The second-order valence-corrected chi connectivity index (χ2v) is 7.62. The molecule has 8 nitrogen and oxygen atoms in total. The molecular weight excluding hydrogens is 368 g/mol. The van der Waals surface area contributed by atoms with Crippen molar-refractivity contribution in [3.05, 3.63) is 47.7 Å². The number of aromatic nitrogens is 4. The molecule has 1 N–H and O–H groups in total. The number of benzene rings is 1. The summed E-state index contributed by atoms with van der Waals surface area (Å²) in [5.74, 6) is 3.23. The lowest BCUT2D eigenvalue weighted by atomic mass is 9.95. The van der Waals surface area contributed by atoms with Gasteiger partial charge in [-0.15, -0.1) is 10.2 Å². The van der Waals surface area contributed by atoms with Crippen LogP contribution in [0.1, 0.15) is 40.9 Å². The predicted octanol–water partition coefficient (Wildman–Crippen LogP) is 1.96. The standard InChI is InChI=1S/C21H24N6O2/c1-29-16-3-5-17-15(12-16)2-4-18(23-17)21(28)26-9-6-14(7-10-26)20-25-24-19-13-22-8-11-27(19)20/h2-5,12,14,22H,6-11,13H2,1H3. The zero-order valence-electron chi connectivity index (χ0n) is 16.5. The minimum Gasteiger partial charge on any atom is -0.497 e. The minimum absolute atomic E-state index is 0.00589. The third-order valence-corrected chi connectivity index (χ3v) is 5.91. The zero-order valence-corrected chi connectivity index (χ0v) is 16.5. The van der Waals surface area contributed by atoms with Crippen molar-refractivity contribution in [2.45, 2.75) is 31.8 Å². The Morgan fingerprint density at radius 3 is 2.83 bits per heavy atom. The maximum Gasteiger partial charge on any atom is 0.272 e. The van der Waals surface area contributed by atoms with Crippen LogP contribution < -0.4 is 10.1 Å². The lowest BCUT2D eigenvalue weighted by Crippen LogP contribution is -2.39. The van der Waals surface area contributed by atoms with Crippen molar-refractivity contribution >= 4 is 16.8 Å². The Hall–Kier alpha value is -3.00. The predicted molar refractivity (Wildman–Crippen MR) is 108 cm³/mol. The third-order valence-electron chi connectivity index (χ3n) is 5.91. The number of hydrogen-bond donors (Lipinski definition) is 1. The number of ether oxygens (including phenoxy) is 1. The molecule has 2 aliphatic rings. The average molecular weight is 392 g/mol. The van der Waals surface area contributed by atoms with Crippen molar-refractivity contribution in [2.24, 2.45) is 0 Å². The normalized spacial score (nSPS) is 17.3. The lowest BCUT2D eigenvalue weighted by molar-refractivity contribution is 0.0704. The van der Waals surface area contributed by atoms with Gasteiger partial charge in [-0.25, -0.2) is 4.98 Å². The molecule has 4 heterocycles. The van der Waals surface area contributed by atoms with Crippen LogP contribution in [0.5, 0.6) is 5.75 Å². The van der Waals surface area contributed by atoms with E-state index in [1.54, 1.807) is 13.2 Å². The van der Waals surface area contributed by atoms with E-state index in [1.807, 2.05) is 29.2 Å². The first-order valence-electron chi connectivity index (χ1n) is 10.1. The van der Waals surface area contributed by atoms with Crippen molar-refractivity contribution < 1.29 is 9.53 Å². The molecular formula is C21H24N6O2. The maximum absolute atomic E-state index is 13.0. The summed E-state index contributed by atoms with van der Waals surface area (Å²) in [5.41, 5.74) is 1.29. The highest BCUT2D eigenvalue weighted by Gasteiger charge is 2.29. The Morgan fingerprint density at radius 2 is 2.00 bits per heavy atom. The van der Waals surface area contributed by atoms with E-state index >= 15 is 0 Å². The van der Waals surface area contributed by atoms with Crippen molar-refractivity contribution in [1.82, 2.24) is 30.0 Å². The van der Waals surface area contributed by atoms with Crippen LogP contribution in [0.4, 0.5) is 0 Å². The van der Waals surface area contributed by atoms with Gasteiger partial charge < -0.3 is 19.5 Å². The van der Waals surface area contributed by atoms with Crippen LogP contribution in [-0.2, 0) is 13.1 Å². The summed E-state index contributed by atoms with van der Waals surface area (Å²) < 4.78 is 7.50. The van der Waals surface area contributed by atoms with E-state index in [0.717, 1.165) is 60.8 Å². The highest BCUT2D eigenvalue weighted by atomic mass is 16.5. The lowest BCUT2D eigenvalue weighted by Gasteiger charge is -2.32. The topological polar surface area (TPSA) is 85.2 Å². The summed E-state index contributed by atoms with van der Waals surface area (Å²) in [5, 5.41) is 13.1. The van der Waals surface area contributed by atoms with Crippen LogP contribution in [0.3, 0.4) is 0 Å². The van der Waals surface area contributed by atoms with Gasteiger partial charge in [0.2, 0.25) is 0 Å². The van der Waals surface area contributed by atoms with E-state index in [4.69, 9.17) is 4.74 Å². The first-order chi connectivity index (χ1) is 14.2. The van der Waals surface area contributed by atoms with Crippen LogP contribution in [0.2, 0.25) is 0 Å². The van der Waals surface area contributed by atoms with Crippen LogP contribution in [-0.4, -0.2) is 57.3 Å². The average Bonchev–Trinajstić information content (AvgIpc) is 3.22. The van der Waals surface area contributed by atoms with Gasteiger partial charge in [0.25, 0.3) is 5.91 Å². The van der Waals surface area contributed by atoms with Crippen LogP contribution in [0, 0.1) is 0 Å². The van der Waals surface area contributed by atoms with E-state index in [1.165, 1.54) is 0 Å². The number of pyridine rings is 1. The second-order valence-electron chi connectivity index (χ2n) is 7.62. The molecule has 3 aromatic rings. The fraction of sp³-hybridized carbons (Fsp3) is 0.429. The van der Waals surface area contributed by atoms with Crippen molar-refractivity contribution in [2.75, 3.05) is 26.7 Å². The van der Waals surface area contributed by atoms with E-state index in [2.05, 4.69) is 25.1 Å². The monoisotopic (exact) mass is 392 g/mol. The number of piperidine rings is 1. The number of rotatable bonds is 3. The Morgan fingerprint density at radius 1 is 1.14 bits per heavy atom. The number of nitrogens with zero attached hydrogens (tertiary/aromatic N) is 5. The fourth-order valence-electron chi connectivity index (χ4n) is 4.27. The number of fused-ring (bicyclic) bond motifs is 2. The molecule has 0 bridgehead atoms. The van der Waals surface area contributed by atoms with E-state index in [0.29, 0.717) is 24.7 Å².